The number of pyridine rings is 1. The van der Waals surface area contributed by atoms with Crippen LogP contribution in [-0.4, -0.2) is 70.6 Å². The van der Waals surface area contributed by atoms with E-state index in [-0.39, 0.29) is 36.5 Å². The third-order valence-corrected chi connectivity index (χ3v) is 7.71. The van der Waals surface area contributed by atoms with Crippen LogP contribution in [0.4, 0.5) is 5.69 Å². The molecule has 3 aromatic carbocycles. The van der Waals surface area contributed by atoms with E-state index in [1.54, 1.807) is 47.6 Å². The molecule has 1 aliphatic rings. The fraction of sp³-hybridized carbons (Fsp3) is 0.286. The lowest BCUT2D eigenvalue weighted by Gasteiger charge is -2.38. The van der Waals surface area contributed by atoms with Gasteiger partial charge in [0, 0.05) is 49.2 Å². The highest BCUT2D eigenvalue weighted by Gasteiger charge is 2.33. The van der Waals surface area contributed by atoms with Crippen molar-refractivity contribution in [1.29, 1.82) is 0 Å². The molecule has 9 nitrogen and oxygen atoms in total. The van der Waals surface area contributed by atoms with Crippen LogP contribution in [-0.2, 0) is 6.54 Å². The molecule has 3 atom stereocenters. The standard InChI is InChI=1S/C35H38N4O5/c1-24-20-39(25(2)23-40)35(42)31-19-28(37-34(41)27-15-17-36-18-16-27)11-14-32(31)44-33(24)22-38(3)21-26-9-12-30(13-10-26)43-29-7-5-4-6-8-29/h4-19,24-25,33,40H,20-23H2,1-3H3,(H,37,41)/t24-,25-,33-/m0/s1. The van der Waals surface area contributed by atoms with Crippen molar-refractivity contribution in [3.05, 3.63) is 114 Å². The van der Waals surface area contributed by atoms with Gasteiger partial charge in [0.15, 0.2) is 0 Å². The van der Waals surface area contributed by atoms with Crippen LogP contribution in [0.25, 0.3) is 0 Å². The van der Waals surface area contributed by atoms with E-state index < -0.39 is 0 Å². The predicted molar refractivity (Wildman–Crippen MR) is 169 cm³/mol. The lowest BCUT2D eigenvalue weighted by molar-refractivity contribution is 0.0341. The maximum Gasteiger partial charge on any atom is 0.258 e. The van der Waals surface area contributed by atoms with Crippen LogP contribution in [0.3, 0.4) is 0 Å². The average molecular weight is 595 g/mol. The van der Waals surface area contributed by atoms with Crippen molar-refractivity contribution < 1.29 is 24.2 Å². The smallest absolute Gasteiger partial charge is 0.258 e. The molecule has 1 aliphatic heterocycles. The molecule has 0 bridgehead atoms. The van der Waals surface area contributed by atoms with Crippen LogP contribution in [0.2, 0.25) is 0 Å². The van der Waals surface area contributed by atoms with E-state index >= 15 is 0 Å². The second-order valence-electron chi connectivity index (χ2n) is 11.3. The number of para-hydroxylation sites is 1. The summed E-state index contributed by atoms with van der Waals surface area (Å²) in [5.74, 6) is 1.43. The number of aromatic nitrogens is 1. The minimum atomic E-state index is -0.388. The molecule has 4 aromatic rings. The van der Waals surface area contributed by atoms with Crippen LogP contribution in [0.15, 0.2) is 97.3 Å². The Balaban J connectivity index is 1.31. The third-order valence-electron chi connectivity index (χ3n) is 7.71. The van der Waals surface area contributed by atoms with Gasteiger partial charge >= 0.3 is 0 Å². The maximum atomic E-state index is 13.7. The summed E-state index contributed by atoms with van der Waals surface area (Å²) >= 11 is 0. The van der Waals surface area contributed by atoms with Gasteiger partial charge in [-0.3, -0.25) is 19.5 Å². The minimum Gasteiger partial charge on any atom is -0.488 e. The van der Waals surface area contributed by atoms with Gasteiger partial charge in [0.05, 0.1) is 18.2 Å². The number of rotatable bonds is 10. The van der Waals surface area contributed by atoms with Gasteiger partial charge in [-0.25, -0.2) is 0 Å². The first-order valence-corrected chi connectivity index (χ1v) is 14.7. The molecule has 1 aromatic heterocycles. The Morgan fingerprint density at radius 1 is 1.07 bits per heavy atom. The van der Waals surface area contributed by atoms with Gasteiger partial charge in [0.1, 0.15) is 23.4 Å². The van der Waals surface area contributed by atoms with Gasteiger partial charge in [-0.2, -0.15) is 0 Å². The number of anilines is 1. The topological polar surface area (TPSA) is 104 Å². The molecule has 0 saturated carbocycles. The first-order chi connectivity index (χ1) is 21.3. The summed E-state index contributed by atoms with van der Waals surface area (Å²) in [6, 6.07) is 25.7. The first-order valence-electron chi connectivity index (χ1n) is 14.7. The fourth-order valence-corrected chi connectivity index (χ4v) is 5.20. The molecule has 0 aliphatic carbocycles. The van der Waals surface area contributed by atoms with Gasteiger partial charge in [-0.1, -0.05) is 37.3 Å². The van der Waals surface area contributed by atoms with Gasteiger partial charge in [-0.15, -0.1) is 0 Å². The molecule has 0 saturated heterocycles. The maximum absolute atomic E-state index is 13.7. The van der Waals surface area contributed by atoms with Crippen LogP contribution < -0.4 is 14.8 Å². The zero-order valence-corrected chi connectivity index (χ0v) is 25.2. The van der Waals surface area contributed by atoms with Gasteiger partial charge < -0.3 is 24.8 Å². The summed E-state index contributed by atoms with van der Waals surface area (Å²) in [6.45, 7) is 5.44. The lowest BCUT2D eigenvalue weighted by Crippen LogP contribution is -2.49. The van der Waals surface area contributed by atoms with Crippen molar-refractivity contribution in [2.45, 2.75) is 32.5 Å². The summed E-state index contributed by atoms with van der Waals surface area (Å²) < 4.78 is 12.5. The zero-order chi connectivity index (χ0) is 31.1. The van der Waals surface area contributed by atoms with E-state index in [9.17, 15) is 14.7 Å². The van der Waals surface area contributed by atoms with Crippen molar-refractivity contribution in [2.24, 2.45) is 5.92 Å². The molecule has 0 spiro atoms. The summed E-state index contributed by atoms with van der Waals surface area (Å²) in [6.07, 6.45) is 2.86. The van der Waals surface area contributed by atoms with Crippen molar-refractivity contribution in [3.63, 3.8) is 0 Å². The van der Waals surface area contributed by atoms with Crippen molar-refractivity contribution in [1.82, 2.24) is 14.8 Å². The molecule has 2 amide bonds. The van der Waals surface area contributed by atoms with E-state index in [1.807, 2.05) is 56.4 Å². The Morgan fingerprint density at radius 2 is 1.77 bits per heavy atom. The van der Waals surface area contributed by atoms with Crippen LogP contribution >= 0.6 is 0 Å². The number of benzene rings is 3. The number of nitrogens with one attached hydrogen (secondary N) is 1. The van der Waals surface area contributed by atoms with E-state index in [1.165, 1.54) is 0 Å². The number of carbonyl (C=O) groups is 2. The Hall–Kier alpha value is -4.73. The molecule has 0 fully saturated rings. The van der Waals surface area contributed by atoms with E-state index in [4.69, 9.17) is 9.47 Å². The highest BCUT2D eigenvalue weighted by atomic mass is 16.5. The third kappa shape index (κ3) is 7.61. The number of ether oxygens (including phenoxy) is 2. The molecule has 0 radical (unpaired) electrons. The van der Waals surface area contributed by atoms with Gasteiger partial charge in [0.2, 0.25) is 0 Å². The number of amides is 2. The SMILES string of the molecule is C[C@H]1CN([C@@H](C)CO)C(=O)c2cc(NC(=O)c3ccncc3)ccc2O[C@H]1CN(C)Cc1ccc(Oc2ccccc2)cc1. The van der Waals surface area contributed by atoms with Crippen LogP contribution in [0.5, 0.6) is 17.2 Å². The Labute approximate surface area is 258 Å². The number of nitrogens with zero attached hydrogens (tertiary/aromatic N) is 3. The molecular weight excluding hydrogens is 556 g/mol. The highest BCUT2D eigenvalue weighted by Crippen LogP contribution is 2.31. The van der Waals surface area contributed by atoms with Gasteiger partial charge in [0.25, 0.3) is 11.8 Å². The first kappa shape index (κ1) is 30.7. The molecular formula is C35H38N4O5. The number of aliphatic hydroxyl groups excluding tert-OH is 1. The molecule has 44 heavy (non-hydrogen) atoms. The van der Waals surface area contributed by atoms with Crippen molar-refractivity contribution >= 4 is 17.5 Å². The highest BCUT2D eigenvalue weighted by molar-refractivity contribution is 6.05. The van der Waals surface area contributed by atoms with E-state index in [2.05, 4.69) is 34.3 Å². The Kier molecular flexibility index (Phi) is 9.89. The monoisotopic (exact) mass is 594 g/mol. The summed E-state index contributed by atoms with van der Waals surface area (Å²) in [5.41, 5.74) is 2.40. The number of carbonyl (C=O) groups excluding carboxylic acids is 2. The quantitative estimate of drug-likeness (QED) is 0.251. The van der Waals surface area contributed by atoms with Crippen LogP contribution in [0.1, 0.15) is 40.1 Å². The normalized spacial score (nSPS) is 17.2. The second-order valence-corrected chi connectivity index (χ2v) is 11.3. The Morgan fingerprint density at radius 3 is 2.48 bits per heavy atom. The number of hydrogen-bond acceptors (Lipinski definition) is 7. The van der Waals surface area contributed by atoms with Crippen molar-refractivity contribution in [3.8, 4) is 17.2 Å². The molecule has 5 rings (SSSR count). The second kappa shape index (κ2) is 14.2. The fourth-order valence-electron chi connectivity index (χ4n) is 5.20. The largest absolute Gasteiger partial charge is 0.488 e. The lowest BCUT2D eigenvalue weighted by atomic mass is 9.99. The summed E-state index contributed by atoms with van der Waals surface area (Å²) in [4.78, 5) is 34.4. The van der Waals surface area contributed by atoms with E-state index in [0.717, 1.165) is 17.1 Å². The average Bonchev–Trinajstić information content (AvgIpc) is 3.04. The van der Waals surface area contributed by atoms with E-state index in [0.29, 0.717) is 42.2 Å². The minimum absolute atomic E-state index is 0.0173. The molecule has 9 heteroatoms. The molecule has 2 N–H and O–H groups in total. The van der Waals surface area contributed by atoms with Crippen molar-refractivity contribution in [2.75, 3.05) is 32.1 Å². The summed E-state index contributed by atoms with van der Waals surface area (Å²) in [5, 5.41) is 12.8. The number of aliphatic hydroxyl groups is 1. The number of hydrogen-bond donors (Lipinski definition) is 2. The van der Waals surface area contributed by atoms with Crippen LogP contribution in [0, 0.1) is 5.92 Å². The molecule has 0 unspecified atom stereocenters. The zero-order valence-electron chi connectivity index (χ0n) is 25.2. The molecule has 228 valence electrons. The predicted octanol–water partition coefficient (Wildman–Crippen LogP) is 5.48. The number of likely N-dealkylation sites (N-methyl/N-ethyl adjacent to an activating group) is 1. The number of fused-ring (bicyclic) bond motifs is 1. The summed E-state index contributed by atoms with van der Waals surface area (Å²) in [7, 11) is 2.04. The Bertz CT molecular complexity index is 1550. The molecule has 2 heterocycles. The van der Waals surface area contributed by atoms with Gasteiger partial charge in [-0.05, 0) is 74.1 Å².